The van der Waals surface area contributed by atoms with E-state index >= 15 is 0 Å². The van der Waals surface area contributed by atoms with Gasteiger partial charge in [0.15, 0.2) is 5.75 Å². The number of nitrogens with zero attached hydrogens (tertiary/aromatic N) is 2. The first kappa shape index (κ1) is 35.7. The lowest BCUT2D eigenvalue weighted by atomic mass is 10.0. The summed E-state index contributed by atoms with van der Waals surface area (Å²) in [6, 6.07) is 25.4. The van der Waals surface area contributed by atoms with Crippen LogP contribution in [0.5, 0.6) is 5.75 Å². The average Bonchev–Trinajstić information content (AvgIpc) is 3.57. The average molecular weight is 800 g/mol. The highest BCUT2D eigenvalue weighted by molar-refractivity contribution is 9.10. The van der Waals surface area contributed by atoms with Gasteiger partial charge in [0.25, 0.3) is 31.2 Å². The molecule has 11 nitrogen and oxygen atoms in total. The fourth-order valence-corrected chi connectivity index (χ4v) is 7.81. The number of amides is 1. The largest absolute Gasteiger partial charge is 0.439 e. The number of benzene rings is 4. The molecule has 50 heavy (non-hydrogen) atoms. The van der Waals surface area contributed by atoms with Crippen molar-refractivity contribution in [2.45, 2.75) is 19.9 Å². The van der Waals surface area contributed by atoms with Crippen LogP contribution in [0.25, 0.3) is 38.2 Å². The van der Waals surface area contributed by atoms with Crippen LogP contribution in [0.3, 0.4) is 0 Å². The number of aromatic nitrogens is 1. The van der Waals surface area contributed by atoms with Gasteiger partial charge < -0.3 is 15.0 Å². The maximum Gasteiger partial charge on any atom is 0.286 e. The van der Waals surface area contributed by atoms with Crippen molar-refractivity contribution in [3.63, 3.8) is 0 Å². The van der Waals surface area contributed by atoms with Gasteiger partial charge in [0, 0.05) is 35.8 Å². The molecular formula is C35H33BrN3O8S3+. The molecule has 1 aliphatic rings. The van der Waals surface area contributed by atoms with Crippen molar-refractivity contribution in [3.8, 4) is 16.9 Å². The molecule has 0 bridgehead atoms. The predicted molar refractivity (Wildman–Crippen MR) is 199 cm³/mol. The van der Waals surface area contributed by atoms with E-state index in [1.807, 2.05) is 96.4 Å². The number of fused-ring (bicyclic) bond motifs is 3. The third kappa shape index (κ3) is 8.60. The zero-order chi connectivity index (χ0) is 35.6. The second kappa shape index (κ2) is 14.6. The number of nitrogens with one attached hydrogen (secondary N) is 1. The number of hydrogen-bond donors (Lipinski definition) is 3. The molecule has 260 valence electrons. The number of ether oxygens (including phenoxy) is 1. The van der Waals surface area contributed by atoms with Crippen molar-refractivity contribution < 1.29 is 40.0 Å². The summed E-state index contributed by atoms with van der Waals surface area (Å²) in [5, 5.41) is 5.33. The number of rotatable bonds is 12. The van der Waals surface area contributed by atoms with Crippen LogP contribution < -0.4 is 19.5 Å². The standard InChI is InChI=1S/C35H32BrN3O8S3/c1-2-23(17-34-38(14-16-50(44,45)46)29-19-27(9-12-31(29)47-34)24-7-10-28(36)11-8-24)18-35-39(22-33(40)37-13-15-49(41,42)43)30-20-25-5-3-4-6-26(25)21-32(30)48-35/h3-12,17-21H,2,13-16,22H2,1H3,(H2-,37,40,41,42,43,44,45,46)/p+1. The molecule has 0 atom stereocenters. The second-order valence-corrected chi connectivity index (χ2v) is 16.7. The number of carbonyl (C=O) groups is 1. The first-order valence-corrected chi connectivity index (χ1v) is 20.4. The Morgan fingerprint density at radius 1 is 0.940 bits per heavy atom. The first-order chi connectivity index (χ1) is 23.8. The smallest absolute Gasteiger partial charge is 0.286 e. The Hall–Kier alpha value is -4.12. The van der Waals surface area contributed by atoms with Gasteiger partial charge in [-0.3, -0.25) is 13.9 Å². The Labute approximate surface area is 302 Å². The van der Waals surface area contributed by atoms with Crippen LogP contribution in [0.2, 0.25) is 0 Å². The Morgan fingerprint density at radius 3 is 2.30 bits per heavy atom. The molecule has 0 radical (unpaired) electrons. The molecule has 15 heteroatoms. The summed E-state index contributed by atoms with van der Waals surface area (Å²) in [5.74, 6) is -0.624. The van der Waals surface area contributed by atoms with Crippen LogP contribution in [0, 0.1) is 0 Å². The fourth-order valence-electron chi connectivity index (χ4n) is 5.61. The van der Waals surface area contributed by atoms with E-state index in [9.17, 15) is 26.2 Å². The van der Waals surface area contributed by atoms with Gasteiger partial charge in [-0.2, -0.15) is 21.4 Å². The number of allylic oxidation sites excluding steroid dienone is 2. The van der Waals surface area contributed by atoms with Crippen LogP contribution in [0.4, 0.5) is 5.69 Å². The van der Waals surface area contributed by atoms with Crippen LogP contribution in [0.1, 0.15) is 18.4 Å². The van der Waals surface area contributed by atoms with Gasteiger partial charge in [-0.05, 0) is 64.2 Å². The summed E-state index contributed by atoms with van der Waals surface area (Å²) in [4.78, 5) is 14.7. The highest BCUT2D eigenvalue weighted by Gasteiger charge is 2.29. The summed E-state index contributed by atoms with van der Waals surface area (Å²) in [6.45, 7) is 1.57. The fraction of sp³-hybridized carbons (Fsp3) is 0.200. The number of thiazole rings is 1. The molecule has 0 spiro atoms. The first-order valence-electron chi connectivity index (χ1n) is 15.6. The number of hydrogen-bond acceptors (Lipinski definition) is 8. The summed E-state index contributed by atoms with van der Waals surface area (Å²) in [7, 11) is -8.52. The van der Waals surface area contributed by atoms with Crippen molar-refractivity contribution in [2.24, 2.45) is 0 Å². The Bertz CT molecular complexity index is 2390. The zero-order valence-electron chi connectivity index (χ0n) is 26.7. The summed E-state index contributed by atoms with van der Waals surface area (Å²) < 4.78 is 74.8. The van der Waals surface area contributed by atoms with Crippen molar-refractivity contribution >= 4 is 86.2 Å². The van der Waals surface area contributed by atoms with E-state index in [1.165, 1.54) is 11.3 Å². The van der Waals surface area contributed by atoms with Crippen molar-refractivity contribution in [1.29, 1.82) is 0 Å². The van der Waals surface area contributed by atoms with E-state index in [-0.39, 0.29) is 19.6 Å². The molecule has 0 fully saturated rings. The molecule has 0 unspecified atom stereocenters. The molecule has 1 aromatic heterocycles. The van der Waals surface area contributed by atoms with E-state index in [2.05, 4.69) is 27.3 Å². The van der Waals surface area contributed by atoms with Gasteiger partial charge in [0.05, 0.1) is 17.2 Å². The van der Waals surface area contributed by atoms with Crippen molar-refractivity contribution in [2.75, 3.05) is 29.5 Å². The molecule has 0 aliphatic carbocycles. The molecule has 1 amide bonds. The SMILES string of the molecule is CCC(/C=C1\Oc2ccc(-c3ccc(Br)cc3)cc2N1CCS(=O)(=O)O)=C\c1sc2cc3ccccc3cc2[n+]1CC(=O)NCCS(=O)(=O)O. The van der Waals surface area contributed by atoms with E-state index in [0.29, 0.717) is 23.7 Å². The van der Waals surface area contributed by atoms with E-state index in [1.54, 1.807) is 4.90 Å². The topological polar surface area (TPSA) is 154 Å². The highest BCUT2D eigenvalue weighted by Crippen LogP contribution is 2.42. The van der Waals surface area contributed by atoms with Crippen LogP contribution >= 0.6 is 27.3 Å². The molecule has 0 saturated heterocycles. The Balaban J connectivity index is 1.39. The minimum atomic E-state index is -4.28. The van der Waals surface area contributed by atoms with Crippen molar-refractivity contribution in [1.82, 2.24) is 5.32 Å². The maximum absolute atomic E-state index is 13.0. The lowest BCUT2D eigenvalue weighted by Gasteiger charge is -2.18. The zero-order valence-corrected chi connectivity index (χ0v) is 30.8. The maximum atomic E-state index is 13.0. The monoisotopic (exact) mass is 798 g/mol. The van der Waals surface area contributed by atoms with Gasteiger partial charge >= 0.3 is 0 Å². The highest BCUT2D eigenvalue weighted by atomic mass is 79.9. The van der Waals surface area contributed by atoms with E-state index in [4.69, 9.17) is 9.29 Å². The number of anilines is 1. The lowest BCUT2D eigenvalue weighted by Crippen LogP contribution is -2.44. The Morgan fingerprint density at radius 2 is 1.62 bits per heavy atom. The quantitative estimate of drug-likeness (QED) is 0.0990. The summed E-state index contributed by atoms with van der Waals surface area (Å²) in [6.07, 6.45) is 4.31. The molecule has 2 heterocycles. The molecule has 6 rings (SSSR count). The molecule has 1 aliphatic heterocycles. The van der Waals surface area contributed by atoms with Crippen molar-refractivity contribution in [3.05, 3.63) is 106 Å². The van der Waals surface area contributed by atoms with Crippen LogP contribution in [-0.2, 0) is 31.6 Å². The van der Waals surface area contributed by atoms with Gasteiger partial charge in [0.2, 0.25) is 17.9 Å². The minimum Gasteiger partial charge on any atom is -0.439 e. The van der Waals surface area contributed by atoms with Crippen LogP contribution in [-0.4, -0.2) is 56.4 Å². The predicted octanol–water partition coefficient (Wildman–Crippen LogP) is 6.20. The number of carbonyl (C=O) groups excluding carboxylic acids is 1. The Kier molecular flexibility index (Phi) is 10.4. The summed E-state index contributed by atoms with van der Waals surface area (Å²) in [5.41, 5.74) is 4.14. The lowest BCUT2D eigenvalue weighted by molar-refractivity contribution is -0.655. The molecule has 5 aromatic rings. The summed E-state index contributed by atoms with van der Waals surface area (Å²) >= 11 is 4.94. The molecule has 4 aromatic carbocycles. The third-order valence-corrected chi connectivity index (χ3v) is 11.1. The van der Waals surface area contributed by atoms with Gasteiger partial charge in [-0.1, -0.05) is 76.7 Å². The molecule has 3 N–H and O–H groups in total. The van der Waals surface area contributed by atoms with E-state index < -0.39 is 37.6 Å². The van der Waals surface area contributed by atoms with E-state index in [0.717, 1.165) is 47.2 Å². The normalized spacial score (nSPS) is 14.4. The number of halogens is 1. The van der Waals surface area contributed by atoms with Gasteiger partial charge in [0.1, 0.15) is 4.70 Å². The van der Waals surface area contributed by atoms with Gasteiger partial charge in [-0.15, -0.1) is 0 Å². The molecular weight excluding hydrogens is 767 g/mol. The van der Waals surface area contributed by atoms with Crippen LogP contribution in [0.15, 0.2) is 101 Å². The second-order valence-electron chi connectivity index (χ2n) is 11.6. The molecule has 0 saturated carbocycles. The van der Waals surface area contributed by atoms with Gasteiger partial charge in [-0.25, -0.2) is 0 Å². The minimum absolute atomic E-state index is 0.0579. The third-order valence-electron chi connectivity index (χ3n) is 8.09.